The van der Waals surface area contributed by atoms with Crippen LogP contribution < -0.4 is 9.80 Å². The number of nitrogens with zero attached hydrogens (tertiary/aromatic N) is 4. The van der Waals surface area contributed by atoms with Gasteiger partial charge in [0.1, 0.15) is 22.2 Å². The second-order valence-electron chi connectivity index (χ2n) is 22.9. The highest BCUT2D eigenvalue weighted by molar-refractivity contribution is 7.25. The molecule has 0 aliphatic rings. The molecule has 90 heavy (non-hydrogen) atoms. The fourth-order valence-electron chi connectivity index (χ4n) is 13.1. The van der Waals surface area contributed by atoms with Crippen LogP contribution in [0.2, 0.25) is 0 Å². The van der Waals surface area contributed by atoms with Gasteiger partial charge in [-0.3, -0.25) is 0 Å². The molecule has 0 bridgehead atoms. The van der Waals surface area contributed by atoms with Crippen LogP contribution in [0, 0.1) is 0 Å². The standard InChI is InChI=1S/C82H50N4O3S/c1-3-14-51(15-4-1)57-21-13-23-62(46-57)86(66-37-41-72-71-25-8-10-27-77(71)90-78(72)50-66)64-35-39-68-59(48-64)31-43-74-80(68)89-82(84-74)60-22-12-20-56(45-60)55-19-11-18-54(44-55)52-28-32-61(33-29-52)85(65-36-40-70-69-24-7-9-26-75(69)87-76(70)49-65)63-34-38-67-58(47-63)30-42-73-79(67)88-81(83-73)53-16-5-2-6-17-53/h1-50H. The van der Waals surface area contributed by atoms with E-state index in [0.717, 1.165) is 139 Å². The van der Waals surface area contributed by atoms with Crippen molar-refractivity contribution in [3.8, 4) is 56.3 Å². The van der Waals surface area contributed by atoms with Crippen molar-refractivity contribution in [1.82, 2.24) is 9.97 Å². The highest BCUT2D eigenvalue weighted by Crippen LogP contribution is 2.45. The second-order valence-corrected chi connectivity index (χ2v) is 24.0. The largest absolute Gasteiger partial charge is 0.456 e. The summed E-state index contributed by atoms with van der Waals surface area (Å²) in [5.41, 5.74) is 19.6. The van der Waals surface area contributed by atoms with Crippen molar-refractivity contribution in [3.63, 3.8) is 0 Å². The molecule has 0 aliphatic carbocycles. The van der Waals surface area contributed by atoms with E-state index in [0.29, 0.717) is 11.8 Å². The van der Waals surface area contributed by atoms with Crippen molar-refractivity contribution in [2.24, 2.45) is 0 Å². The van der Waals surface area contributed by atoms with Gasteiger partial charge in [0, 0.05) is 93.0 Å². The van der Waals surface area contributed by atoms with Crippen LogP contribution in [0.1, 0.15) is 0 Å². The first-order valence-corrected chi connectivity index (χ1v) is 31.0. The van der Waals surface area contributed by atoms with Crippen LogP contribution in [0.25, 0.3) is 142 Å². The Balaban J connectivity index is 0.661. The van der Waals surface area contributed by atoms with E-state index in [1.165, 1.54) is 25.7 Å². The summed E-state index contributed by atoms with van der Waals surface area (Å²) >= 11 is 1.84. The molecule has 0 unspecified atom stereocenters. The molecule has 7 nitrogen and oxygen atoms in total. The molecular weight excluding hydrogens is 1120 g/mol. The molecule has 0 saturated carbocycles. The average molecular weight is 1170 g/mol. The topological polar surface area (TPSA) is 71.7 Å². The van der Waals surface area contributed by atoms with Gasteiger partial charge in [-0.15, -0.1) is 11.3 Å². The van der Waals surface area contributed by atoms with Crippen molar-refractivity contribution in [2.45, 2.75) is 0 Å². The first kappa shape index (κ1) is 51.4. The van der Waals surface area contributed by atoms with E-state index < -0.39 is 0 Å². The fraction of sp³-hybridized carbons (Fsp3) is 0. The predicted octanol–water partition coefficient (Wildman–Crippen LogP) is 23.8. The summed E-state index contributed by atoms with van der Waals surface area (Å²) < 4.78 is 22.3. The summed E-state index contributed by atoms with van der Waals surface area (Å²) in [5.74, 6) is 1.18. The van der Waals surface area contributed by atoms with Crippen LogP contribution in [-0.2, 0) is 0 Å². The van der Waals surface area contributed by atoms with Gasteiger partial charge in [0.05, 0.1) is 0 Å². The van der Waals surface area contributed by atoms with Gasteiger partial charge in [0.2, 0.25) is 11.8 Å². The lowest BCUT2D eigenvalue weighted by atomic mass is 9.97. The van der Waals surface area contributed by atoms with Gasteiger partial charge in [-0.1, -0.05) is 158 Å². The Hall–Kier alpha value is -11.8. The molecule has 18 rings (SSSR count). The average Bonchev–Trinajstić information content (AvgIpc) is 2.01. The summed E-state index contributed by atoms with van der Waals surface area (Å²) in [6.07, 6.45) is 0. The van der Waals surface area contributed by atoms with Gasteiger partial charge in [-0.25, -0.2) is 9.97 Å². The van der Waals surface area contributed by atoms with Gasteiger partial charge in [-0.2, -0.15) is 0 Å². The van der Waals surface area contributed by atoms with Gasteiger partial charge in [-0.05, 0) is 184 Å². The van der Waals surface area contributed by atoms with Crippen molar-refractivity contribution < 1.29 is 13.3 Å². The summed E-state index contributed by atoms with van der Waals surface area (Å²) in [5, 5.41) is 8.84. The lowest BCUT2D eigenvalue weighted by molar-refractivity contribution is 0.622. The Morgan fingerprint density at radius 1 is 0.244 bits per heavy atom. The minimum atomic E-state index is 0.574. The number of hydrogen-bond acceptors (Lipinski definition) is 8. The predicted molar refractivity (Wildman–Crippen MR) is 373 cm³/mol. The highest BCUT2D eigenvalue weighted by Gasteiger charge is 2.22. The number of thiophene rings is 1. The van der Waals surface area contributed by atoms with Crippen molar-refractivity contribution in [2.75, 3.05) is 9.80 Å². The number of oxazole rings is 2. The van der Waals surface area contributed by atoms with Crippen LogP contribution in [0.4, 0.5) is 34.1 Å². The molecule has 0 aliphatic heterocycles. The minimum absolute atomic E-state index is 0.574. The van der Waals surface area contributed by atoms with E-state index >= 15 is 0 Å². The van der Waals surface area contributed by atoms with E-state index in [9.17, 15) is 0 Å². The Morgan fingerprint density at radius 3 is 1.38 bits per heavy atom. The van der Waals surface area contributed by atoms with Crippen molar-refractivity contribution in [1.29, 1.82) is 0 Å². The Kier molecular flexibility index (Phi) is 12.0. The Morgan fingerprint density at radius 2 is 0.689 bits per heavy atom. The molecule has 18 aromatic rings. The first-order valence-electron chi connectivity index (χ1n) is 30.2. The number of para-hydroxylation sites is 1. The maximum Gasteiger partial charge on any atom is 0.227 e. The third-order valence-electron chi connectivity index (χ3n) is 17.5. The quantitative estimate of drug-likeness (QED) is 0.128. The van der Waals surface area contributed by atoms with E-state index in [1.54, 1.807) is 0 Å². The summed E-state index contributed by atoms with van der Waals surface area (Å²) in [7, 11) is 0. The van der Waals surface area contributed by atoms with Crippen molar-refractivity contribution in [3.05, 3.63) is 303 Å². The lowest BCUT2D eigenvalue weighted by Gasteiger charge is -2.26. The molecule has 4 heterocycles. The zero-order valence-corrected chi connectivity index (χ0v) is 49.1. The maximum atomic E-state index is 6.81. The molecule has 0 saturated heterocycles. The van der Waals surface area contributed by atoms with Crippen LogP contribution >= 0.6 is 11.3 Å². The van der Waals surface area contributed by atoms with Gasteiger partial charge < -0.3 is 23.1 Å². The lowest BCUT2D eigenvalue weighted by Crippen LogP contribution is -2.10. The number of aromatic nitrogens is 2. The van der Waals surface area contributed by atoms with E-state index in [4.69, 9.17) is 23.2 Å². The van der Waals surface area contributed by atoms with Gasteiger partial charge in [0.15, 0.2) is 11.2 Å². The number of anilines is 6. The SMILES string of the molecule is c1ccc(-c2cccc(N(c3ccc4c(ccc5nc(-c6cccc(-c7cccc(-c8ccc(N(c9ccc%10c(ccc%11nc(-c%12ccccc%12)oc%11%10)c9)c9ccc%10c(c9)oc9ccccc9%10)cc8)c7)c6)oc54)c3)c3ccc4c(c3)sc3ccccc34)c2)cc1. The van der Waals surface area contributed by atoms with E-state index in [2.05, 4.69) is 265 Å². The Labute approximate surface area is 520 Å². The first-order chi connectivity index (χ1) is 44.5. The number of hydrogen-bond donors (Lipinski definition) is 0. The molecule has 8 heteroatoms. The normalized spacial score (nSPS) is 11.8. The Bertz CT molecular complexity index is 5830. The molecule has 0 amide bonds. The van der Waals surface area contributed by atoms with E-state index in [-0.39, 0.29) is 0 Å². The molecule has 0 fully saturated rings. The monoisotopic (exact) mass is 1170 g/mol. The second kappa shape index (κ2) is 21.0. The zero-order chi connectivity index (χ0) is 59.2. The number of rotatable bonds is 11. The van der Waals surface area contributed by atoms with Crippen molar-refractivity contribution >= 4 is 131 Å². The third kappa shape index (κ3) is 8.88. The number of fused-ring (bicyclic) bond motifs is 12. The molecule has 0 atom stereocenters. The zero-order valence-electron chi connectivity index (χ0n) is 48.3. The van der Waals surface area contributed by atoms with Crippen LogP contribution in [-0.4, -0.2) is 9.97 Å². The molecule has 0 spiro atoms. The number of benzene rings is 14. The summed E-state index contributed by atoms with van der Waals surface area (Å²) in [4.78, 5) is 14.6. The van der Waals surface area contributed by atoms with Gasteiger partial charge >= 0.3 is 0 Å². The van der Waals surface area contributed by atoms with Crippen LogP contribution in [0.5, 0.6) is 0 Å². The molecule has 422 valence electrons. The number of furan rings is 1. The third-order valence-corrected chi connectivity index (χ3v) is 18.6. The van der Waals surface area contributed by atoms with Crippen LogP contribution in [0.3, 0.4) is 0 Å². The summed E-state index contributed by atoms with van der Waals surface area (Å²) in [6, 6.07) is 107. The fourth-order valence-corrected chi connectivity index (χ4v) is 14.2. The maximum absolute atomic E-state index is 6.81. The molecule has 14 aromatic carbocycles. The molecule has 0 N–H and O–H groups in total. The molecular formula is C82H50N4O3S. The molecule has 4 aromatic heterocycles. The minimum Gasteiger partial charge on any atom is -0.456 e. The highest BCUT2D eigenvalue weighted by atomic mass is 32.1. The van der Waals surface area contributed by atoms with Gasteiger partial charge in [0.25, 0.3) is 0 Å². The van der Waals surface area contributed by atoms with Crippen LogP contribution in [0.15, 0.2) is 317 Å². The van der Waals surface area contributed by atoms with E-state index in [1.807, 2.05) is 59.9 Å². The summed E-state index contributed by atoms with van der Waals surface area (Å²) in [6.45, 7) is 0. The smallest absolute Gasteiger partial charge is 0.227 e. The molecule has 0 radical (unpaired) electrons.